The van der Waals surface area contributed by atoms with Crippen LogP contribution in [-0.4, -0.2) is 37.4 Å². The fourth-order valence-electron chi connectivity index (χ4n) is 2.71. The second-order valence-electron chi connectivity index (χ2n) is 4.81. The minimum atomic E-state index is -0.872. The quantitative estimate of drug-likeness (QED) is 0.840. The van der Waals surface area contributed by atoms with Gasteiger partial charge in [0.25, 0.3) is 0 Å². The highest BCUT2D eigenvalue weighted by Gasteiger charge is 2.37. The first-order chi connectivity index (χ1) is 8.24. The zero-order valence-electron chi connectivity index (χ0n) is 9.50. The predicted octanol–water partition coefficient (Wildman–Crippen LogP) is 1.47. The second kappa shape index (κ2) is 4.04. The van der Waals surface area contributed by atoms with Gasteiger partial charge in [-0.05, 0) is 24.3 Å². The van der Waals surface area contributed by atoms with Crippen molar-refractivity contribution in [3.8, 4) is 0 Å². The molecule has 2 aliphatic heterocycles. The number of carbonyl (C=O) groups is 1. The fourth-order valence-corrected chi connectivity index (χ4v) is 2.71. The normalized spacial score (nSPS) is 27.2. The molecule has 2 aliphatic rings. The van der Waals surface area contributed by atoms with Crippen LogP contribution in [0.2, 0.25) is 0 Å². The molecule has 0 amide bonds. The van der Waals surface area contributed by atoms with E-state index in [0.29, 0.717) is 17.4 Å². The Morgan fingerprint density at radius 3 is 2.29 bits per heavy atom. The Hall–Kier alpha value is -1.55. The molecule has 1 aromatic rings. The molecule has 2 heterocycles. The maximum Gasteiger partial charge on any atom is 0.335 e. The molecular formula is C13H15NO3. The number of carboxylic acids is 1. The van der Waals surface area contributed by atoms with Gasteiger partial charge >= 0.3 is 5.97 Å². The van der Waals surface area contributed by atoms with Crippen LogP contribution < -0.4 is 4.90 Å². The van der Waals surface area contributed by atoms with Crippen molar-refractivity contribution in [2.75, 3.05) is 31.2 Å². The third-order valence-electron chi connectivity index (χ3n) is 3.72. The number of benzene rings is 1. The average molecular weight is 233 g/mol. The summed E-state index contributed by atoms with van der Waals surface area (Å²) in [5.74, 6) is 0.423. The smallest absolute Gasteiger partial charge is 0.335 e. The SMILES string of the molecule is O=C(O)c1ccc(N2C[C@H]3COC[C@H]3C2)cc1. The van der Waals surface area contributed by atoms with Crippen LogP contribution in [0.3, 0.4) is 0 Å². The summed E-state index contributed by atoms with van der Waals surface area (Å²) in [6.45, 7) is 3.79. The van der Waals surface area contributed by atoms with E-state index in [1.165, 1.54) is 0 Å². The largest absolute Gasteiger partial charge is 0.478 e. The van der Waals surface area contributed by atoms with Crippen LogP contribution in [-0.2, 0) is 4.74 Å². The maximum absolute atomic E-state index is 10.8. The summed E-state index contributed by atoms with van der Waals surface area (Å²) in [5, 5.41) is 8.84. The van der Waals surface area contributed by atoms with Gasteiger partial charge in [-0.2, -0.15) is 0 Å². The van der Waals surface area contributed by atoms with E-state index >= 15 is 0 Å². The van der Waals surface area contributed by atoms with Crippen LogP contribution >= 0.6 is 0 Å². The molecule has 0 aromatic heterocycles. The van der Waals surface area contributed by atoms with E-state index < -0.39 is 5.97 Å². The number of aromatic carboxylic acids is 1. The van der Waals surface area contributed by atoms with E-state index in [1.807, 2.05) is 12.1 Å². The summed E-state index contributed by atoms with van der Waals surface area (Å²) in [7, 11) is 0. The number of anilines is 1. The molecule has 2 saturated heterocycles. The third-order valence-corrected chi connectivity index (χ3v) is 3.72. The van der Waals surface area contributed by atoms with Gasteiger partial charge in [-0.1, -0.05) is 0 Å². The van der Waals surface area contributed by atoms with Crippen molar-refractivity contribution < 1.29 is 14.6 Å². The molecule has 0 spiro atoms. The highest BCUT2D eigenvalue weighted by atomic mass is 16.5. The molecule has 0 bridgehead atoms. The summed E-state index contributed by atoms with van der Waals surface area (Å²) < 4.78 is 5.44. The Kier molecular flexibility index (Phi) is 2.52. The molecule has 1 aromatic carbocycles. The van der Waals surface area contributed by atoms with Gasteiger partial charge in [-0.3, -0.25) is 0 Å². The topological polar surface area (TPSA) is 49.8 Å². The number of rotatable bonds is 2. The van der Waals surface area contributed by atoms with Gasteiger partial charge in [0.15, 0.2) is 0 Å². The number of hydrogen-bond donors (Lipinski definition) is 1. The van der Waals surface area contributed by atoms with Gasteiger partial charge < -0.3 is 14.7 Å². The predicted molar refractivity (Wildman–Crippen MR) is 63.4 cm³/mol. The molecule has 90 valence electrons. The molecule has 2 atom stereocenters. The van der Waals surface area contributed by atoms with E-state index in [-0.39, 0.29) is 0 Å². The summed E-state index contributed by atoms with van der Waals surface area (Å²) in [5.41, 5.74) is 1.46. The van der Waals surface area contributed by atoms with E-state index in [4.69, 9.17) is 9.84 Å². The lowest BCUT2D eigenvalue weighted by Gasteiger charge is -2.19. The van der Waals surface area contributed by atoms with E-state index in [0.717, 1.165) is 32.0 Å². The number of ether oxygens (including phenoxy) is 1. The number of hydrogen-bond acceptors (Lipinski definition) is 3. The minimum Gasteiger partial charge on any atom is -0.478 e. The number of fused-ring (bicyclic) bond motifs is 1. The lowest BCUT2D eigenvalue weighted by Crippen LogP contribution is -2.22. The summed E-state index contributed by atoms with van der Waals surface area (Å²) in [6.07, 6.45) is 0. The molecule has 17 heavy (non-hydrogen) atoms. The van der Waals surface area contributed by atoms with Crippen molar-refractivity contribution in [3.63, 3.8) is 0 Å². The zero-order valence-corrected chi connectivity index (χ0v) is 9.50. The first kappa shape index (κ1) is 10.6. The van der Waals surface area contributed by atoms with Crippen molar-refractivity contribution in [1.82, 2.24) is 0 Å². The third kappa shape index (κ3) is 1.89. The summed E-state index contributed by atoms with van der Waals surface area (Å²) >= 11 is 0. The van der Waals surface area contributed by atoms with E-state index in [2.05, 4.69) is 4.90 Å². The Balaban J connectivity index is 1.75. The maximum atomic E-state index is 10.8. The lowest BCUT2D eigenvalue weighted by molar-refractivity contribution is 0.0697. The average Bonchev–Trinajstić information content (AvgIpc) is 2.89. The van der Waals surface area contributed by atoms with Gasteiger partial charge in [-0.15, -0.1) is 0 Å². The highest BCUT2D eigenvalue weighted by Crippen LogP contribution is 2.32. The summed E-state index contributed by atoms with van der Waals surface area (Å²) in [6, 6.07) is 7.13. The Labute approximate surface area is 99.8 Å². The van der Waals surface area contributed by atoms with Crippen LogP contribution in [0.4, 0.5) is 5.69 Å². The van der Waals surface area contributed by atoms with E-state index in [1.54, 1.807) is 12.1 Å². The Bertz CT molecular complexity index is 417. The van der Waals surface area contributed by atoms with Gasteiger partial charge in [0, 0.05) is 30.6 Å². The molecular weight excluding hydrogens is 218 g/mol. The van der Waals surface area contributed by atoms with Crippen molar-refractivity contribution in [2.45, 2.75) is 0 Å². The molecule has 4 heteroatoms. The molecule has 4 nitrogen and oxygen atoms in total. The van der Waals surface area contributed by atoms with Crippen LogP contribution in [0.1, 0.15) is 10.4 Å². The van der Waals surface area contributed by atoms with Gasteiger partial charge in [0.1, 0.15) is 0 Å². The first-order valence-corrected chi connectivity index (χ1v) is 5.90. The summed E-state index contributed by atoms with van der Waals surface area (Å²) in [4.78, 5) is 13.1. The second-order valence-corrected chi connectivity index (χ2v) is 4.81. The molecule has 0 aliphatic carbocycles. The van der Waals surface area contributed by atoms with Crippen LogP contribution in [0.5, 0.6) is 0 Å². The molecule has 0 radical (unpaired) electrons. The molecule has 1 N–H and O–H groups in total. The Morgan fingerprint density at radius 2 is 1.76 bits per heavy atom. The van der Waals surface area contributed by atoms with Crippen LogP contribution in [0.15, 0.2) is 24.3 Å². The molecule has 3 rings (SSSR count). The molecule has 0 unspecified atom stereocenters. The fraction of sp³-hybridized carbons (Fsp3) is 0.462. The molecule has 0 saturated carbocycles. The standard InChI is InChI=1S/C13H15NO3/c15-13(16)9-1-3-12(4-2-9)14-5-10-7-17-8-11(10)6-14/h1-4,10-11H,5-8H2,(H,15,16)/t10-,11+. The first-order valence-electron chi connectivity index (χ1n) is 5.90. The number of carboxylic acid groups (broad SMARTS) is 1. The van der Waals surface area contributed by atoms with Crippen molar-refractivity contribution in [2.24, 2.45) is 11.8 Å². The van der Waals surface area contributed by atoms with Gasteiger partial charge in [0.05, 0.1) is 18.8 Å². The minimum absolute atomic E-state index is 0.344. The highest BCUT2D eigenvalue weighted by molar-refractivity contribution is 5.88. The van der Waals surface area contributed by atoms with Crippen molar-refractivity contribution in [3.05, 3.63) is 29.8 Å². The van der Waals surface area contributed by atoms with Gasteiger partial charge in [-0.25, -0.2) is 4.79 Å². The van der Waals surface area contributed by atoms with E-state index in [9.17, 15) is 4.79 Å². The van der Waals surface area contributed by atoms with Crippen molar-refractivity contribution in [1.29, 1.82) is 0 Å². The van der Waals surface area contributed by atoms with Crippen molar-refractivity contribution >= 4 is 11.7 Å². The van der Waals surface area contributed by atoms with Crippen LogP contribution in [0, 0.1) is 11.8 Å². The molecule has 2 fully saturated rings. The monoisotopic (exact) mass is 233 g/mol. The lowest BCUT2D eigenvalue weighted by atomic mass is 10.0. The Morgan fingerprint density at radius 1 is 1.18 bits per heavy atom. The van der Waals surface area contributed by atoms with Gasteiger partial charge in [0.2, 0.25) is 0 Å². The number of nitrogens with zero attached hydrogens (tertiary/aromatic N) is 1. The zero-order chi connectivity index (χ0) is 11.8. The van der Waals surface area contributed by atoms with Crippen LogP contribution in [0.25, 0.3) is 0 Å².